The molecule has 16 heavy (non-hydrogen) atoms. The third-order valence-corrected chi connectivity index (χ3v) is 3.05. The van der Waals surface area contributed by atoms with Crippen LogP contribution in [0, 0.1) is 0 Å². The van der Waals surface area contributed by atoms with Crippen LogP contribution in [0.3, 0.4) is 0 Å². The van der Waals surface area contributed by atoms with Gasteiger partial charge in [0.1, 0.15) is 0 Å². The summed E-state index contributed by atoms with van der Waals surface area (Å²) in [5.41, 5.74) is 2.74. The van der Waals surface area contributed by atoms with Crippen molar-refractivity contribution in [1.82, 2.24) is 10.3 Å². The second kappa shape index (κ2) is 3.35. The largest absolute Gasteiger partial charge is 0.394 e. The van der Waals surface area contributed by atoms with Crippen molar-refractivity contribution in [2.45, 2.75) is 12.5 Å². The van der Waals surface area contributed by atoms with Gasteiger partial charge in [-0.2, -0.15) is 0 Å². The molecule has 0 saturated heterocycles. The van der Waals surface area contributed by atoms with Gasteiger partial charge in [-0.1, -0.05) is 6.07 Å². The van der Waals surface area contributed by atoms with E-state index >= 15 is 0 Å². The van der Waals surface area contributed by atoms with Gasteiger partial charge < -0.3 is 15.4 Å². The molecule has 4 nitrogen and oxygen atoms in total. The molecule has 82 valence electrons. The lowest BCUT2D eigenvalue weighted by Gasteiger charge is -2.12. The van der Waals surface area contributed by atoms with Crippen LogP contribution < -0.4 is 5.32 Å². The molecule has 1 aromatic heterocycles. The van der Waals surface area contributed by atoms with E-state index in [2.05, 4.69) is 10.3 Å². The molecular weight excluding hydrogens is 204 g/mol. The molecule has 3 N–H and O–H groups in total. The van der Waals surface area contributed by atoms with Crippen molar-refractivity contribution in [2.24, 2.45) is 0 Å². The van der Waals surface area contributed by atoms with E-state index in [-0.39, 0.29) is 18.6 Å². The minimum Gasteiger partial charge on any atom is -0.394 e. The smallest absolute Gasteiger partial charge is 0.252 e. The van der Waals surface area contributed by atoms with E-state index in [0.29, 0.717) is 12.0 Å². The molecule has 3 rings (SSSR count). The van der Waals surface area contributed by atoms with E-state index in [9.17, 15) is 9.90 Å². The maximum Gasteiger partial charge on any atom is 0.252 e. The van der Waals surface area contributed by atoms with E-state index in [1.807, 2.05) is 24.4 Å². The van der Waals surface area contributed by atoms with Crippen molar-refractivity contribution < 1.29 is 9.90 Å². The molecule has 1 atom stereocenters. The van der Waals surface area contributed by atoms with Gasteiger partial charge in [-0.15, -0.1) is 0 Å². The number of rotatable bonds is 1. The van der Waals surface area contributed by atoms with Crippen LogP contribution in [0.4, 0.5) is 0 Å². The number of aromatic nitrogens is 1. The molecule has 0 aliphatic carbocycles. The maximum absolute atomic E-state index is 11.9. The second-order valence-corrected chi connectivity index (χ2v) is 4.10. The fourth-order valence-corrected chi connectivity index (χ4v) is 2.30. The van der Waals surface area contributed by atoms with Gasteiger partial charge >= 0.3 is 0 Å². The van der Waals surface area contributed by atoms with Crippen LogP contribution in [-0.4, -0.2) is 28.6 Å². The number of aliphatic hydroxyl groups is 1. The maximum atomic E-state index is 11.9. The van der Waals surface area contributed by atoms with Gasteiger partial charge in [-0.3, -0.25) is 4.79 Å². The van der Waals surface area contributed by atoms with Crippen LogP contribution in [0.1, 0.15) is 15.9 Å². The van der Waals surface area contributed by atoms with Gasteiger partial charge in [0.15, 0.2) is 0 Å². The zero-order valence-electron chi connectivity index (χ0n) is 8.66. The van der Waals surface area contributed by atoms with Gasteiger partial charge in [0.25, 0.3) is 5.91 Å². The molecule has 0 saturated carbocycles. The number of carbonyl (C=O) groups is 1. The summed E-state index contributed by atoms with van der Waals surface area (Å²) in [5.74, 6) is -0.108. The Morgan fingerprint density at radius 2 is 2.31 bits per heavy atom. The standard InChI is InChI=1S/C12H12N2O2/c15-6-8-4-7-5-13-10-3-1-2-9(11(7)10)12(16)14-8/h1-3,5,8,13,15H,4,6H2,(H,14,16). The Balaban J connectivity index is 2.26. The van der Waals surface area contributed by atoms with Gasteiger partial charge in [-0.05, 0) is 24.1 Å². The topological polar surface area (TPSA) is 65.1 Å². The summed E-state index contributed by atoms with van der Waals surface area (Å²) in [5, 5.41) is 13.0. The quantitative estimate of drug-likeness (QED) is 0.660. The summed E-state index contributed by atoms with van der Waals surface area (Å²) in [6.07, 6.45) is 2.58. The fourth-order valence-electron chi connectivity index (χ4n) is 2.30. The van der Waals surface area contributed by atoms with Gasteiger partial charge in [0, 0.05) is 22.7 Å². The number of H-pyrrole nitrogens is 1. The molecule has 4 heteroatoms. The lowest BCUT2D eigenvalue weighted by Crippen LogP contribution is -2.37. The van der Waals surface area contributed by atoms with E-state index in [1.165, 1.54) is 0 Å². The highest BCUT2D eigenvalue weighted by molar-refractivity contribution is 6.08. The van der Waals surface area contributed by atoms with Gasteiger partial charge in [0.05, 0.1) is 12.6 Å². The zero-order valence-corrected chi connectivity index (χ0v) is 8.66. The molecule has 2 heterocycles. The zero-order chi connectivity index (χ0) is 11.1. The molecule has 0 radical (unpaired) electrons. The van der Waals surface area contributed by atoms with Crippen LogP contribution in [0.25, 0.3) is 10.9 Å². The normalized spacial score (nSPS) is 19.6. The summed E-state index contributed by atoms with van der Waals surface area (Å²) in [4.78, 5) is 15.1. The monoisotopic (exact) mass is 216 g/mol. The Kier molecular flexibility index (Phi) is 1.97. The number of amides is 1. The number of aliphatic hydroxyl groups excluding tert-OH is 1. The Labute approximate surface area is 92.3 Å². The van der Waals surface area contributed by atoms with Crippen LogP contribution in [0.2, 0.25) is 0 Å². The van der Waals surface area contributed by atoms with Crippen LogP contribution in [0.15, 0.2) is 24.4 Å². The van der Waals surface area contributed by atoms with Crippen molar-refractivity contribution in [3.8, 4) is 0 Å². The Bertz CT molecular complexity index is 559. The van der Waals surface area contributed by atoms with Crippen molar-refractivity contribution >= 4 is 16.8 Å². The summed E-state index contributed by atoms with van der Waals surface area (Å²) >= 11 is 0. The van der Waals surface area contributed by atoms with Crippen molar-refractivity contribution in [2.75, 3.05) is 6.61 Å². The molecular formula is C12H12N2O2. The minimum atomic E-state index is -0.195. The highest BCUT2D eigenvalue weighted by Crippen LogP contribution is 2.26. The number of nitrogens with one attached hydrogen (secondary N) is 2. The van der Waals surface area contributed by atoms with E-state index in [0.717, 1.165) is 16.5 Å². The fraction of sp³-hybridized carbons (Fsp3) is 0.250. The second-order valence-electron chi connectivity index (χ2n) is 4.10. The van der Waals surface area contributed by atoms with Crippen molar-refractivity contribution in [1.29, 1.82) is 0 Å². The highest BCUT2D eigenvalue weighted by atomic mass is 16.3. The van der Waals surface area contributed by atoms with Crippen molar-refractivity contribution in [3.05, 3.63) is 35.5 Å². The molecule has 1 aromatic carbocycles. The lowest BCUT2D eigenvalue weighted by molar-refractivity contribution is 0.0921. The highest BCUT2D eigenvalue weighted by Gasteiger charge is 2.23. The Hall–Kier alpha value is -1.81. The molecule has 1 aliphatic rings. The van der Waals surface area contributed by atoms with E-state index < -0.39 is 0 Å². The molecule has 0 fully saturated rings. The summed E-state index contributed by atoms with van der Waals surface area (Å²) in [6, 6.07) is 5.43. The van der Waals surface area contributed by atoms with Crippen LogP contribution in [0.5, 0.6) is 0 Å². The predicted molar refractivity (Wildman–Crippen MR) is 60.3 cm³/mol. The van der Waals surface area contributed by atoms with Crippen LogP contribution in [-0.2, 0) is 6.42 Å². The van der Waals surface area contributed by atoms with Crippen molar-refractivity contribution in [3.63, 3.8) is 0 Å². The Morgan fingerprint density at radius 1 is 1.44 bits per heavy atom. The first-order valence-electron chi connectivity index (χ1n) is 5.30. The Morgan fingerprint density at radius 3 is 3.12 bits per heavy atom. The summed E-state index contributed by atoms with van der Waals surface area (Å²) < 4.78 is 0. The van der Waals surface area contributed by atoms with Gasteiger partial charge in [0.2, 0.25) is 0 Å². The molecule has 0 spiro atoms. The van der Waals surface area contributed by atoms with E-state index in [4.69, 9.17) is 0 Å². The molecule has 1 unspecified atom stereocenters. The van der Waals surface area contributed by atoms with Crippen LogP contribution >= 0.6 is 0 Å². The SMILES string of the molecule is O=C1NC(CO)Cc2c[nH]c3cccc1c23. The first kappa shape index (κ1) is 9.42. The molecule has 1 amide bonds. The summed E-state index contributed by atoms with van der Waals surface area (Å²) in [7, 11) is 0. The number of benzene rings is 1. The number of hydrogen-bond acceptors (Lipinski definition) is 2. The predicted octanol–water partition coefficient (Wildman–Crippen LogP) is 0.815. The first-order chi connectivity index (χ1) is 7.79. The third-order valence-electron chi connectivity index (χ3n) is 3.05. The van der Waals surface area contributed by atoms with E-state index in [1.54, 1.807) is 0 Å². The number of carbonyl (C=O) groups excluding carboxylic acids is 1. The average molecular weight is 216 g/mol. The molecule has 1 aliphatic heterocycles. The third kappa shape index (κ3) is 1.23. The molecule has 0 bridgehead atoms. The number of hydrogen-bond donors (Lipinski definition) is 3. The first-order valence-corrected chi connectivity index (χ1v) is 5.30. The van der Waals surface area contributed by atoms with Gasteiger partial charge in [-0.25, -0.2) is 0 Å². The minimum absolute atomic E-state index is 0.0353. The summed E-state index contributed by atoms with van der Waals surface area (Å²) in [6.45, 7) is -0.0353. The number of aromatic amines is 1. The molecule has 2 aromatic rings. The average Bonchev–Trinajstić information content (AvgIpc) is 2.64. The lowest BCUT2D eigenvalue weighted by atomic mass is 10.0.